The predicted molar refractivity (Wildman–Crippen MR) is 83.9 cm³/mol. The molecule has 0 bridgehead atoms. The molecule has 2 aliphatic carbocycles. The van der Waals surface area contributed by atoms with Gasteiger partial charge in [-0.25, -0.2) is 0 Å². The number of rotatable bonds is 5. The molecule has 0 aliphatic heterocycles. The largest absolute Gasteiger partial charge is 0.120 e. The molecule has 0 unspecified atom stereocenters. The molecule has 0 saturated heterocycles. The molecule has 0 amide bonds. The van der Waals surface area contributed by atoms with Crippen LogP contribution >= 0.6 is 0 Å². The molecule has 0 spiro atoms. The van der Waals surface area contributed by atoms with Gasteiger partial charge in [0.2, 0.25) is 0 Å². The van der Waals surface area contributed by atoms with E-state index in [2.05, 4.69) is 12.8 Å². The van der Waals surface area contributed by atoms with Crippen LogP contribution in [-0.4, -0.2) is 0 Å². The Balaban J connectivity index is 1.65. The van der Waals surface area contributed by atoms with Crippen molar-refractivity contribution in [3.63, 3.8) is 0 Å². The maximum Gasteiger partial charge on any atom is 0.0200 e. The molecule has 0 atom stereocenters. The number of unbranched alkanes of at least 4 members (excludes halogenated alkanes) is 2. The predicted octanol–water partition coefficient (Wildman–Crippen LogP) is 5.81. The van der Waals surface area contributed by atoms with Gasteiger partial charge in [-0.05, 0) is 56.3 Å². The maximum atomic E-state index is 5.55. The summed E-state index contributed by atoms with van der Waals surface area (Å²) in [5.74, 6) is 6.68. The van der Waals surface area contributed by atoms with E-state index in [1.807, 2.05) is 0 Å². The number of hydrogen-bond donors (Lipinski definition) is 0. The van der Waals surface area contributed by atoms with Gasteiger partial charge in [0.15, 0.2) is 0 Å². The van der Waals surface area contributed by atoms with Gasteiger partial charge in [-0.3, -0.25) is 0 Å². The van der Waals surface area contributed by atoms with E-state index in [4.69, 9.17) is 6.42 Å². The highest BCUT2D eigenvalue weighted by atomic mass is 14.3. The van der Waals surface area contributed by atoms with E-state index in [1.165, 1.54) is 77.0 Å². The summed E-state index contributed by atoms with van der Waals surface area (Å²) in [6.07, 6.45) is 22.8. The summed E-state index contributed by atoms with van der Waals surface area (Å²) in [6.45, 7) is 2.31. The third-order valence-corrected chi connectivity index (χ3v) is 5.78. The molecule has 0 radical (unpaired) electrons. The van der Waals surface area contributed by atoms with Crippen molar-refractivity contribution in [2.45, 2.75) is 84.0 Å². The lowest BCUT2D eigenvalue weighted by molar-refractivity contribution is 0.153. The monoisotopic (exact) mass is 260 g/mol. The van der Waals surface area contributed by atoms with Crippen molar-refractivity contribution in [1.82, 2.24) is 0 Å². The van der Waals surface area contributed by atoms with E-state index in [1.54, 1.807) is 0 Å². The Morgan fingerprint density at radius 1 is 0.842 bits per heavy atom. The van der Waals surface area contributed by atoms with Crippen LogP contribution in [0.3, 0.4) is 0 Å². The second-order valence-corrected chi connectivity index (χ2v) is 7.05. The molecule has 0 nitrogen and oxygen atoms in total. The zero-order chi connectivity index (χ0) is 13.5. The first-order valence-corrected chi connectivity index (χ1v) is 8.79. The van der Waals surface area contributed by atoms with Gasteiger partial charge in [-0.15, -0.1) is 12.3 Å². The molecule has 2 fully saturated rings. The van der Waals surface area contributed by atoms with E-state index < -0.39 is 0 Å². The molecule has 19 heavy (non-hydrogen) atoms. The van der Waals surface area contributed by atoms with Crippen LogP contribution in [0.1, 0.15) is 84.0 Å². The Morgan fingerprint density at radius 3 is 1.95 bits per heavy atom. The molecule has 0 aromatic heterocycles. The van der Waals surface area contributed by atoms with E-state index in [0.29, 0.717) is 5.92 Å². The van der Waals surface area contributed by atoms with E-state index in [-0.39, 0.29) is 0 Å². The van der Waals surface area contributed by atoms with Gasteiger partial charge in [0.25, 0.3) is 0 Å². The van der Waals surface area contributed by atoms with Crippen molar-refractivity contribution in [2.24, 2.45) is 23.7 Å². The third kappa shape index (κ3) is 4.55. The van der Waals surface area contributed by atoms with Gasteiger partial charge in [0, 0.05) is 5.92 Å². The summed E-state index contributed by atoms with van der Waals surface area (Å²) in [5, 5.41) is 0. The fraction of sp³-hybridized carbons (Fsp3) is 0.895. The van der Waals surface area contributed by atoms with Gasteiger partial charge in [0.1, 0.15) is 0 Å². The minimum absolute atomic E-state index is 0.599. The smallest absolute Gasteiger partial charge is 0.0200 e. The molecule has 0 N–H and O–H groups in total. The van der Waals surface area contributed by atoms with Gasteiger partial charge in [-0.2, -0.15) is 0 Å². The van der Waals surface area contributed by atoms with Gasteiger partial charge < -0.3 is 0 Å². The van der Waals surface area contributed by atoms with E-state index >= 15 is 0 Å². The van der Waals surface area contributed by atoms with Crippen LogP contribution < -0.4 is 0 Å². The van der Waals surface area contributed by atoms with Crippen molar-refractivity contribution in [2.75, 3.05) is 0 Å². The van der Waals surface area contributed by atoms with Crippen LogP contribution in [0.15, 0.2) is 0 Å². The lowest BCUT2D eigenvalue weighted by Crippen LogP contribution is -2.25. The second kappa shape index (κ2) is 7.98. The molecule has 0 heterocycles. The number of hydrogen-bond acceptors (Lipinski definition) is 0. The molecule has 108 valence electrons. The third-order valence-electron chi connectivity index (χ3n) is 5.78. The Kier molecular flexibility index (Phi) is 6.29. The molecule has 0 aromatic rings. The highest BCUT2D eigenvalue weighted by Crippen LogP contribution is 2.42. The minimum Gasteiger partial charge on any atom is -0.120 e. The summed E-state index contributed by atoms with van der Waals surface area (Å²) in [4.78, 5) is 0. The van der Waals surface area contributed by atoms with E-state index in [0.717, 1.165) is 17.8 Å². The normalized spacial score (nSPS) is 35.8. The lowest BCUT2D eigenvalue weighted by atomic mass is 9.69. The van der Waals surface area contributed by atoms with Crippen LogP contribution in [0.2, 0.25) is 0 Å². The zero-order valence-corrected chi connectivity index (χ0v) is 12.9. The molecular formula is C19H32. The number of terminal acetylenes is 1. The van der Waals surface area contributed by atoms with Crippen molar-refractivity contribution in [1.29, 1.82) is 0 Å². The van der Waals surface area contributed by atoms with Crippen molar-refractivity contribution in [3.8, 4) is 12.3 Å². The average Bonchev–Trinajstić information content (AvgIpc) is 2.48. The molecule has 0 aromatic carbocycles. The van der Waals surface area contributed by atoms with E-state index in [9.17, 15) is 0 Å². The summed E-state index contributed by atoms with van der Waals surface area (Å²) >= 11 is 0. The molecule has 2 saturated carbocycles. The first-order valence-electron chi connectivity index (χ1n) is 8.79. The molecular weight excluding hydrogens is 228 g/mol. The zero-order valence-electron chi connectivity index (χ0n) is 12.9. The van der Waals surface area contributed by atoms with Crippen LogP contribution in [-0.2, 0) is 0 Å². The summed E-state index contributed by atoms with van der Waals surface area (Å²) in [6, 6.07) is 0. The molecule has 2 aliphatic rings. The summed E-state index contributed by atoms with van der Waals surface area (Å²) in [5.41, 5.74) is 0. The maximum absolute atomic E-state index is 5.55. The second-order valence-electron chi connectivity index (χ2n) is 7.05. The fourth-order valence-electron chi connectivity index (χ4n) is 4.39. The first-order chi connectivity index (χ1) is 9.33. The summed E-state index contributed by atoms with van der Waals surface area (Å²) in [7, 11) is 0. The summed E-state index contributed by atoms with van der Waals surface area (Å²) < 4.78 is 0. The van der Waals surface area contributed by atoms with Crippen molar-refractivity contribution in [3.05, 3.63) is 0 Å². The van der Waals surface area contributed by atoms with Gasteiger partial charge >= 0.3 is 0 Å². The molecule has 0 heteroatoms. The standard InChI is InChI=1S/C19H32/c1-3-5-6-7-17-10-14-19(15-11-17)18-12-8-16(4-2)9-13-18/h2,16-19H,3,5-15H2,1H3. The SMILES string of the molecule is C#CC1CCC(C2CCC(CCCCC)CC2)CC1. The average molecular weight is 260 g/mol. The Bertz CT molecular complexity index is 269. The van der Waals surface area contributed by atoms with Crippen molar-refractivity contribution < 1.29 is 0 Å². The van der Waals surface area contributed by atoms with Crippen LogP contribution in [0, 0.1) is 36.0 Å². The van der Waals surface area contributed by atoms with Crippen LogP contribution in [0.25, 0.3) is 0 Å². The van der Waals surface area contributed by atoms with Crippen LogP contribution in [0.4, 0.5) is 0 Å². The molecule has 2 rings (SSSR count). The highest BCUT2D eigenvalue weighted by Gasteiger charge is 2.30. The minimum atomic E-state index is 0.599. The first kappa shape index (κ1) is 15.0. The quantitative estimate of drug-likeness (QED) is 0.432. The fourth-order valence-corrected chi connectivity index (χ4v) is 4.39. The Labute approximate surface area is 120 Å². The highest BCUT2D eigenvalue weighted by molar-refractivity contribution is 4.96. The topological polar surface area (TPSA) is 0 Å². The van der Waals surface area contributed by atoms with Crippen molar-refractivity contribution >= 4 is 0 Å². The van der Waals surface area contributed by atoms with Gasteiger partial charge in [-0.1, -0.05) is 45.4 Å². The Hall–Kier alpha value is -0.440. The Morgan fingerprint density at radius 2 is 1.42 bits per heavy atom. The van der Waals surface area contributed by atoms with Crippen LogP contribution in [0.5, 0.6) is 0 Å². The van der Waals surface area contributed by atoms with Gasteiger partial charge in [0.05, 0.1) is 0 Å². The lowest BCUT2D eigenvalue weighted by Gasteiger charge is -2.37.